The molecule has 0 amide bonds. The smallest absolute Gasteiger partial charge is 0.249 e. The predicted molar refractivity (Wildman–Crippen MR) is 126 cm³/mol. The van der Waals surface area contributed by atoms with Gasteiger partial charge in [-0.05, 0) is 69.0 Å². The molecule has 0 saturated carbocycles. The van der Waals surface area contributed by atoms with Gasteiger partial charge in [-0.3, -0.25) is 0 Å². The van der Waals surface area contributed by atoms with Crippen LogP contribution in [0.3, 0.4) is 0 Å². The van der Waals surface area contributed by atoms with Gasteiger partial charge < -0.3 is 24.9 Å². The van der Waals surface area contributed by atoms with Crippen LogP contribution in [0.1, 0.15) is 37.5 Å². The zero-order valence-electron chi connectivity index (χ0n) is 19.6. The van der Waals surface area contributed by atoms with E-state index in [9.17, 15) is 5.11 Å². The Labute approximate surface area is 189 Å². The molecule has 3 aromatic rings. The van der Waals surface area contributed by atoms with Gasteiger partial charge >= 0.3 is 0 Å². The van der Waals surface area contributed by atoms with Gasteiger partial charge in [-0.15, -0.1) is 10.2 Å². The lowest BCUT2D eigenvalue weighted by atomic mass is 10.0. The minimum absolute atomic E-state index is 0.157. The number of anilines is 1. The second-order valence-corrected chi connectivity index (χ2v) is 7.78. The number of benzene rings is 1. The molecule has 0 spiro atoms. The summed E-state index contributed by atoms with van der Waals surface area (Å²) >= 11 is 0. The Kier molecular flexibility index (Phi) is 7.82. The maximum Gasteiger partial charge on any atom is 0.249 e. The molecular formula is C24H33N5O3. The van der Waals surface area contributed by atoms with E-state index in [2.05, 4.69) is 40.9 Å². The Bertz CT molecular complexity index is 1050. The molecule has 8 nitrogen and oxygen atoms in total. The number of aryl methyl sites for hydroxylation is 3. The van der Waals surface area contributed by atoms with Crippen LogP contribution in [0, 0.1) is 13.8 Å². The van der Waals surface area contributed by atoms with Crippen molar-refractivity contribution >= 4 is 5.82 Å². The summed E-state index contributed by atoms with van der Waals surface area (Å²) in [6, 6.07) is 5.97. The third-order valence-electron chi connectivity index (χ3n) is 5.46. The number of hydrogen-bond acceptors (Lipinski definition) is 8. The molecule has 172 valence electrons. The molecule has 0 bridgehead atoms. The number of pyridine rings is 1. The molecule has 0 aliphatic rings. The van der Waals surface area contributed by atoms with Crippen molar-refractivity contribution in [2.24, 2.45) is 5.73 Å². The summed E-state index contributed by atoms with van der Waals surface area (Å²) in [6.07, 6.45) is 1.85. The van der Waals surface area contributed by atoms with Gasteiger partial charge in [-0.25, -0.2) is 4.98 Å². The number of nitrogens with two attached hydrogens (primary N) is 1. The quantitative estimate of drug-likeness (QED) is 0.494. The van der Waals surface area contributed by atoms with E-state index in [1.165, 1.54) is 0 Å². The van der Waals surface area contributed by atoms with Gasteiger partial charge in [0, 0.05) is 31.4 Å². The number of aliphatic hydroxyl groups is 1. The van der Waals surface area contributed by atoms with Gasteiger partial charge in [-0.2, -0.15) is 0 Å². The standard InChI is InChI=1S/C24H33N5O3/c1-6-17-11-18(9-15(4)21(17)31-14-20(30)12-25)23-27-28-24(32-23)19-10-16(5)22(26-13-19)29(7-2)8-3/h9-11,13,20,30H,6-8,12,14,25H2,1-5H3/t20-/m0/s1. The first kappa shape index (κ1) is 23.7. The summed E-state index contributed by atoms with van der Waals surface area (Å²) in [5, 5.41) is 18.2. The number of hydrogen-bond donors (Lipinski definition) is 2. The fourth-order valence-corrected chi connectivity index (χ4v) is 3.68. The first-order chi connectivity index (χ1) is 15.4. The van der Waals surface area contributed by atoms with E-state index >= 15 is 0 Å². The fourth-order valence-electron chi connectivity index (χ4n) is 3.68. The van der Waals surface area contributed by atoms with Gasteiger partial charge in [-0.1, -0.05) is 6.92 Å². The zero-order chi connectivity index (χ0) is 23.3. The molecule has 3 rings (SSSR count). The highest BCUT2D eigenvalue weighted by atomic mass is 16.5. The van der Waals surface area contributed by atoms with Gasteiger partial charge in [0.05, 0.1) is 5.56 Å². The van der Waals surface area contributed by atoms with E-state index < -0.39 is 6.10 Å². The monoisotopic (exact) mass is 439 g/mol. The normalized spacial score (nSPS) is 12.1. The molecule has 0 saturated heterocycles. The first-order valence-electron chi connectivity index (χ1n) is 11.1. The lowest BCUT2D eigenvalue weighted by Gasteiger charge is -2.21. The second-order valence-electron chi connectivity index (χ2n) is 7.78. The van der Waals surface area contributed by atoms with Crippen LogP contribution in [0.5, 0.6) is 5.75 Å². The highest BCUT2D eigenvalue weighted by molar-refractivity contribution is 5.63. The average molecular weight is 440 g/mol. The molecule has 0 aliphatic heterocycles. The topological polar surface area (TPSA) is 111 Å². The summed E-state index contributed by atoms with van der Waals surface area (Å²) in [7, 11) is 0. The van der Waals surface area contributed by atoms with Gasteiger partial charge in [0.1, 0.15) is 24.3 Å². The van der Waals surface area contributed by atoms with Crippen LogP contribution in [0.25, 0.3) is 22.9 Å². The minimum atomic E-state index is -0.692. The zero-order valence-corrected chi connectivity index (χ0v) is 19.6. The summed E-state index contributed by atoms with van der Waals surface area (Å²) in [6.45, 7) is 12.4. The Morgan fingerprint density at radius 1 is 1.03 bits per heavy atom. The first-order valence-corrected chi connectivity index (χ1v) is 11.1. The molecule has 8 heteroatoms. The molecule has 1 atom stereocenters. The summed E-state index contributed by atoms with van der Waals surface area (Å²) in [5.74, 6) is 2.60. The maximum atomic E-state index is 9.72. The predicted octanol–water partition coefficient (Wildman–Crippen LogP) is 3.52. The maximum absolute atomic E-state index is 9.72. The minimum Gasteiger partial charge on any atom is -0.490 e. The Morgan fingerprint density at radius 3 is 2.28 bits per heavy atom. The van der Waals surface area contributed by atoms with Crippen molar-refractivity contribution in [2.45, 2.75) is 47.1 Å². The SMILES string of the molecule is CCc1cc(-c2nnc(-c3cnc(N(CC)CC)c(C)c3)o2)cc(C)c1OC[C@@H](O)CN. The number of rotatable bonds is 10. The van der Waals surface area contributed by atoms with Crippen LogP contribution in [-0.4, -0.2) is 52.6 Å². The van der Waals surface area contributed by atoms with Crippen LogP contribution in [0.4, 0.5) is 5.82 Å². The number of aromatic nitrogens is 3. The van der Waals surface area contributed by atoms with Gasteiger partial charge in [0.2, 0.25) is 11.8 Å². The molecular weight excluding hydrogens is 406 g/mol. The van der Waals surface area contributed by atoms with Crippen molar-refractivity contribution in [1.29, 1.82) is 0 Å². The van der Waals surface area contributed by atoms with Crippen molar-refractivity contribution in [3.63, 3.8) is 0 Å². The molecule has 0 radical (unpaired) electrons. The summed E-state index contributed by atoms with van der Waals surface area (Å²) < 4.78 is 11.8. The third-order valence-corrected chi connectivity index (χ3v) is 5.46. The summed E-state index contributed by atoms with van der Waals surface area (Å²) in [4.78, 5) is 6.84. The molecule has 2 heterocycles. The van der Waals surface area contributed by atoms with E-state index in [-0.39, 0.29) is 13.2 Å². The Morgan fingerprint density at radius 2 is 1.69 bits per heavy atom. The molecule has 0 aliphatic carbocycles. The molecule has 0 fully saturated rings. The lowest BCUT2D eigenvalue weighted by Crippen LogP contribution is -2.27. The van der Waals surface area contributed by atoms with Gasteiger partial charge in [0.25, 0.3) is 0 Å². The molecule has 32 heavy (non-hydrogen) atoms. The van der Waals surface area contributed by atoms with Crippen molar-refractivity contribution in [3.8, 4) is 28.7 Å². The number of nitrogens with zero attached hydrogens (tertiary/aromatic N) is 4. The Balaban J connectivity index is 1.88. The van der Waals surface area contributed by atoms with Crippen LogP contribution in [0.2, 0.25) is 0 Å². The lowest BCUT2D eigenvalue weighted by molar-refractivity contribution is 0.113. The van der Waals surface area contributed by atoms with E-state index in [0.717, 1.165) is 58.9 Å². The van der Waals surface area contributed by atoms with E-state index in [0.29, 0.717) is 11.8 Å². The van der Waals surface area contributed by atoms with Crippen LogP contribution in [-0.2, 0) is 6.42 Å². The van der Waals surface area contributed by atoms with Crippen molar-refractivity contribution < 1.29 is 14.3 Å². The highest BCUT2D eigenvalue weighted by Gasteiger charge is 2.17. The number of aliphatic hydroxyl groups excluding tert-OH is 1. The average Bonchev–Trinajstić information content (AvgIpc) is 3.29. The molecule has 2 aromatic heterocycles. The Hall–Kier alpha value is -2.97. The van der Waals surface area contributed by atoms with Crippen LogP contribution in [0.15, 0.2) is 28.8 Å². The van der Waals surface area contributed by atoms with E-state index in [1.54, 1.807) is 6.20 Å². The largest absolute Gasteiger partial charge is 0.490 e. The van der Waals surface area contributed by atoms with Gasteiger partial charge in [0.15, 0.2) is 0 Å². The summed E-state index contributed by atoms with van der Waals surface area (Å²) in [5.41, 5.74) is 10.1. The van der Waals surface area contributed by atoms with Crippen molar-refractivity contribution in [2.75, 3.05) is 31.1 Å². The molecule has 1 aromatic carbocycles. The van der Waals surface area contributed by atoms with Crippen molar-refractivity contribution in [3.05, 3.63) is 41.1 Å². The van der Waals surface area contributed by atoms with E-state index in [1.807, 2.05) is 32.0 Å². The van der Waals surface area contributed by atoms with Crippen molar-refractivity contribution in [1.82, 2.24) is 15.2 Å². The third kappa shape index (κ3) is 5.08. The molecule has 0 unspecified atom stereocenters. The number of ether oxygens (including phenoxy) is 1. The second kappa shape index (κ2) is 10.6. The van der Waals surface area contributed by atoms with E-state index in [4.69, 9.17) is 14.9 Å². The van der Waals surface area contributed by atoms with Crippen LogP contribution >= 0.6 is 0 Å². The molecule has 3 N–H and O–H groups in total. The van der Waals surface area contributed by atoms with Crippen LogP contribution < -0.4 is 15.4 Å². The highest BCUT2D eigenvalue weighted by Crippen LogP contribution is 2.32. The fraction of sp³-hybridized carbons (Fsp3) is 0.458.